The zero-order valence-corrected chi connectivity index (χ0v) is 11.9. The predicted molar refractivity (Wildman–Crippen MR) is 73.9 cm³/mol. The van der Waals surface area contributed by atoms with E-state index in [9.17, 15) is 13.2 Å². The van der Waals surface area contributed by atoms with Gasteiger partial charge in [-0.2, -0.15) is 0 Å². The lowest BCUT2D eigenvalue weighted by atomic mass is 9.76. The minimum atomic E-state index is -3.12. The second-order valence-electron chi connectivity index (χ2n) is 5.72. The molecule has 0 bridgehead atoms. The first-order valence-electron chi connectivity index (χ1n) is 6.77. The van der Waals surface area contributed by atoms with E-state index in [-0.39, 0.29) is 24.8 Å². The molecule has 4 N–H and O–H groups in total. The Morgan fingerprint density at radius 2 is 2.09 bits per heavy atom. The van der Waals surface area contributed by atoms with Crippen LogP contribution in [0.4, 0.5) is 18.9 Å². The van der Waals surface area contributed by atoms with E-state index in [0.29, 0.717) is 5.69 Å². The highest BCUT2D eigenvalue weighted by atomic mass is 19.3. The summed E-state index contributed by atoms with van der Waals surface area (Å²) in [6.07, 6.45) is -1.44. The van der Waals surface area contributed by atoms with Gasteiger partial charge in [-0.15, -0.1) is 0 Å². The molecule has 0 spiro atoms. The third-order valence-corrected chi connectivity index (χ3v) is 4.14. The number of halogens is 3. The molecule has 5 nitrogen and oxygen atoms in total. The van der Waals surface area contributed by atoms with Crippen LogP contribution in [0.2, 0.25) is 0 Å². The summed E-state index contributed by atoms with van der Waals surface area (Å²) in [5, 5.41) is 0. The van der Waals surface area contributed by atoms with Crippen molar-refractivity contribution in [3.8, 4) is 0 Å². The van der Waals surface area contributed by atoms with Crippen molar-refractivity contribution < 1.29 is 22.6 Å². The number of benzene rings is 1. The van der Waals surface area contributed by atoms with Crippen LogP contribution >= 0.6 is 0 Å². The van der Waals surface area contributed by atoms with Gasteiger partial charge in [-0.3, -0.25) is 0 Å². The molecule has 2 heterocycles. The van der Waals surface area contributed by atoms with Gasteiger partial charge in [-0.25, -0.2) is 18.2 Å². The highest BCUT2D eigenvalue weighted by molar-refractivity contribution is 5.73. The van der Waals surface area contributed by atoms with Gasteiger partial charge < -0.3 is 20.9 Å². The number of nitrogens with two attached hydrogens (primary N) is 2. The summed E-state index contributed by atoms with van der Waals surface area (Å²) < 4.78 is 52.2. The summed E-state index contributed by atoms with van der Waals surface area (Å²) in [5.41, 5.74) is 10.3. The molecule has 1 fully saturated rings. The molecule has 0 radical (unpaired) electrons. The topological polar surface area (TPSA) is 82.9 Å². The lowest BCUT2D eigenvalue weighted by molar-refractivity contribution is -0.121. The molecule has 0 saturated carbocycles. The van der Waals surface area contributed by atoms with Gasteiger partial charge in [0.1, 0.15) is 17.5 Å². The molecule has 0 amide bonds. The maximum Gasteiger partial charge on any atom is 0.282 e. The highest BCUT2D eigenvalue weighted by Gasteiger charge is 2.60. The zero-order chi connectivity index (χ0) is 16.1. The van der Waals surface area contributed by atoms with Crippen molar-refractivity contribution in [3.05, 3.63) is 29.6 Å². The van der Waals surface area contributed by atoms with Crippen molar-refractivity contribution in [1.82, 2.24) is 0 Å². The average Bonchev–Trinajstić information content (AvgIpc) is 2.80. The summed E-state index contributed by atoms with van der Waals surface area (Å²) >= 11 is 0. The molecule has 3 rings (SSSR count). The number of rotatable bonds is 2. The predicted octanol–water partition coefficient (Wildman–Crippen LogP) is 1.62. The number of hydrogen-bond donors (Lipinski definition) is 2. The Bertz CT molecular complexity index is 632. The molecule has 3 atom stereocenters. The lowest BCUT2D eigenvalue weighted by Crippen LogP contribution is -2.48. The Morgan fingerprint density at radius 1 is 1.36 bits per heavy atom. The zero-order valence-electron chi connectivity index (χ0n) is 11.9. The van der Waals surface area contributed by atoms with Gasteiger partial charge in [0.2, 0.25) is 0 Å². The Kier molecular flexibility index (Phi) is 3.24. The molecule has 2 aliphatic heterocycles. The lowest BCUT2D eigenvalue weighted by Gasteiger charge is -2.37. The monoisotopic (exact) mass is 315 g/mol. The van der Waals surface area contributed by atoms with Crippen LogP contribution in [-0.4, -0.2) is 31.3 Å². The molecule has 8 heteroatoms. The molecule has 1 saturated heterocycles. The van der Waals surface area contributed by atoms with E-state index in [4.69, 9.17) is 20.9 Å². The van der Waals surface area contributed by atoms with Crippen molar-refractivity contribution >= 4 is 11.7 Å². The Balaban J connectivity index is 2.15. The third kappa shape index (κ3) is 2.18. The van der Waals surface area contributed by atoms with Crippen molar-refractivity contribution in [2.45, 2.75) is 24.5 Å². The maximum absolute atomic E-state index is 14.3. The quantitative estimate of drug-likeness (QED) is 0.812. The molecule has 0 unspecified atom stereocenters. The van der Waals surface area contributed by atoms with Crippen LogP contribution in [0.3, 0.4) is 0 Å². The molecule has 2 aliphatic rings. The first-order valence-corrected chi connectivity index (χ1v) is 6.77. The van der Waals surface area contributed by atoms with E-state index in [1.807, 2.05) is 0 Å². The maximum atomic E-state index is 14.3. The Morgan fingerprint density at radius 3 is 2.77 bits per heavy atom. The fourth-order valence-corrected chi connectivity index (χ4v) is 3.15. The molecule has 120 valence electrons. The molecule has 1 aromatic rings. The molecule has 0 aromatic heterocycles. The number of fused-ring (bicyclic) bond motifs is 1. The van der Waals surface area contributed by atoms with Crippen LogP contribution < -0.4 is 11.5 Å². The fourth-order valence-electron chi connectivity index (χ4n) is 3.15. The number of ether oxygens (including phenoxy) is 2. The van der Waals surface area contributed by atoms with E-state index in [1.165, 1.54) is 18.2 Å². The second kappa shape index (κ2) is 4.77. The van der Waals surface area contributed by atoms with Crippen molar-refractivity contribution in [2.75, 3.05) is 18.9 Å². The minimum Gasteiger partial charge on any atom is -0.465 e. The normalized spacial score (nSPS) is 31.4. The molecule has 0 aliphatic carbocycles. The second-order valence-corrected chi connectivity index (χ2v) is 5.72. The number of anilines is 1. The number of alkyl halides is 2. The average molecular weight is 315 g/mol. The summed E-state index contributed by atoms with van der Waals surface area (Å²) in [5.74, 6) is -4.58. The van der Waals surface area contributed by atoms with Crippen molar-refractivity contribution in [3.63, 3.8) is 0 Å². The molecular weight excluding hydrogens is 299 g/mol. The number of amidine groups is 1. The van der Waals surface area contributed by atoms with Gasteiger partial charge in [0.25, 0.3) is 11.9 Å². The van der Waals surface area contributed by atoms with E-state index in [2.05, 4.69) is 4.99 Å². The largest absolute Gasteiger partial charge is 0.465 e. The van der Waals surface area contributed by atoms with E-state index >= 15 is 0 Å². The van der Waals surface area contributed by atoms with Gasteiger partial charge >= 0.3 is 0 Å². The minimum absolute atomic E-state index is 0.0931. The number of nitrogens with zero attached hydrogens (tertiary/aromatic N) is 1. The van der Waals surface area contributed by atoms with E-state index in [0.717, 1.165) is 6.92 Å². The van der Waals surface area contributed by atoms with Crippen molar-refractivity contribution in [2.24, 2.45) is 16.6 Å². The van der Waals surface area contributed by atoms with Gasteiger partial charge in [-0.1, -0.05) is 0 Å². The third-order valence-electron chi connectivity index (χ3n) is 4.14. The summed E-state index contributed by atoms with van der Waals surface area (Å²) in [6.45, 7) is 0.416. The Hall–Kier alpha value is -1.96. The van der Waals surface area contributed by atoms with Crippen molar-refractivity contribution in [1.29, 1.82) is 0 Å². The summed E-state index contributed by atoms with van der Waals surface area (Å²) in [6, 6.07) is 3.76. The van der Waals surface area contributed by atoms with E-state index in [1.54, 1.807) is 0 Å². The molecular formula is C14H16F3N3O2. The molecule has 1 aromatic carbocycles. The van der Waals surface area contributed by atoms with Crippen LogP contribution in [0.5, 0.6) is 0 Å². The van der Waals surface area contributed by atoms with Gasteiger partial charge in [0, 0.05) is 18.2 Å². The van der Waals surface area contributed by atoms with Gasteiger partial charge in [0.05, 0.1) is 19.1 Å². The number of nitrogen functional groups attached to an aromatic ring is 1. The summed E-state index contributed by atoms with van der Waals surface area (Å²) in [7, 11) is 0. The SMILES string of the molecule is CC(F)(F)[C@H]1OC[C@]2(c3cc(N)ccc3F)N=C(N)OC[C@H]12. The first kappa shape index (κ1) is 15.0. The standard InChI is InChI=1S/C14H16F3N3O2/c1-13(16,17)11-9-5-21-12(19)20-14(9,6-22-11)8-4-7(18)2-3-10(8)15/h2-4,9,11H,5-6,18H2,1H3,(H2,19,20)/t9-,11+,14-/m1/s1. The smallest absolute Gasteiger partial charge is 0.282 e. The van der Waals surface area contributed by atoms with Crippen LogP contribution in [0.15, 0.2) is 23.2 Å². The summed E-state index contributed by atoms with van der Waals surface area (Å²) in [4.78, 5) is 4.13. The van der Waals surface area contributed by atoms with Gasteiger partial charge in [-0.05, 0) is 18.2 Å². The molecule has 22 heavy (non-hydrogen) atoms. The first-order chi connectivity index (χ1) is 10.2. The van der Waals surface area contributed by atoms with Crippen LogP contribution in [0, 0.1) is 11.7 Å². The van der Waals surface area contributed by atoms with Crippen LogP contribution in [-0.2, 0) is 15.0 Å². The Labute approximate surface area is 125 Å². The fraction of sp³-hybridized carbons (Fsp3) is 0.500. The van der Waals surface area contributed by atoms with Crippen LogP contribution in [0.25, 0.3) is 0 Å². The highest BCUT2D eigenvalue weighted by Crippen LogP contribution is 2.49. The van der Waals surface area contributed by atoms with E-state index < -0.39 is 29.3 Å². The number of hydrogen-bond acceptors (Lipinski definition) is 5. The van der Waals surface area contributed by atoms with Crippen LogP contribution in [0.1, 0.15) is 12.5 Å². The number of aliphatic imine (C=N–C) groups is 1. The van der Waals surface area contributed by atoms with Gasteiger partial charge in [0.15, 0.2) is 0 Å².